The van der Waals surface area contributed by atoms with E-state index in [-0.39, 0.29) is 19.1 Å². The van der Waals surface area contributed by atoms with E-state index in [1.54, 1.807) is 31.2 Å². The molecule has 0 unspecified atom stereocenters. The predicted molar refractivity (Wildman–Crippen MR) is 92.4 cm³/mol. The summed E-state index contributed by atoms with van der Waals surface area (Å²) in [5, 5.41) is 0.598. The van der Waals surface area contributed by atoms with Crippen LogP contribution in [0.4, 0.5) is 14.9 Å². The van der Waals surface area contributed by atoms with E-state index in [0.29, 0.717) is 16.5 Å². The van der Waals surface area contributed by atoms with Crippen LogP contribution in [0.2, 0.25) is 5.02 Å². The van der Waals surface area contributed by atoms with E-state index in [1.807, 2.05) is 0 Å². The molecule has 0 aliphatic carbocycles. The summed E-state index contributed by atoms with van der Waals surface area (Å²) in [6.45, 7) is 1.94. The Kier molecular flexibility index (Phi) is 4.90. The van der Waals surface area contributed by atoms with E-state index in [1.165, 1.54) is 29.2 Å². The van der Waals surface area contributed by atoms with Crippen LogP contribution in [0.25, 0.3) is 0 Å². The molecule has 0 spiro atoms. The van der Waals surface area contributed by atoms with E-state index < -0.39 is 17.9 Å². The first kappa shape index (κ1) is 17.2. The van der Waals surface area contributed by atoms with Crippen molar-refractivity contribution in [2.75, 3.05) is 18.1 Å². The molecule has 5 nitrogen and oxygen atoms in total. The average Bonchev–Trinajstić information content (AvgIpc) is 2.81. The molecule has 2 aromatic carbocycles. The maximum atomic E-state index is 13.1. The van der Waals surface area contributed by atoms with Crippen LogP contribution < -0.4 is 9.64 Å². The average molecular weight is 363 g/mol. The number of hydrogen-bond acceptors (Lipinski definition) is 3. The second-order valence-corrected chi connectivity index (χ2v) is 6.03. The minimum absolute atomic E-state index is 0.127. The molecule has 1 atom stereocenters. The van der Waals surface area contributed by atoms with Crippen LogP contribution in [0, 0.1) is 5.82 Å². The third-order valence-corrected chi connectivity index (χ3v) is 4.20. The van der Waals surface area contributed by atoms with E-state index in [4.69, 9.17) is 16.3 Å². The molecule has 130 valence electrons. The minimum Gasteiger partial charge on any atom is -0.492 e. The zero-order chi connectivity index (χ0) is 18.0. The summed E-state index contributed by atoms with van der Waals surface area (Å²) in [4.78, 5) is 27.4. The van der Waals surface area contributed by atoms with Crippen LogP contribution in [-0.4, -0.2) is 36.0 Å². The summed E-state index contributed by atoms with van der Waals surface area (Å²) in [5.41, 5.74) is 0.480. The molecule has 3 amide bonds. The molecule has 3 rings (SSSR count). The zero-order valence-electron chi connectivity index (χ0n) is 13.5. The van der Waals surface area contributed by atoms with Crippen LogP contribution in [0.1, 0.15) is 6.92 Å². The van der Waals surface area contributed by atoms with Gasteiger partial charge in [0.1, 0.15) is 24.2 Å². The lowest BCUT2D eigenvalue weighted by Crippen LogP contribution is -2.36. The number of anilines is 1. The molecule has 0 saturated carbocycles. The quantitative estimate of drug-likeness (QED) is 0.762. The molecule has 1 aliphatic heterocycles. The fraction of sp³-hybridized carbons (Fsp3) is 0.222. The highest BCUT2D eigenvalue weighted by Gasteiger charge is 2.43. The molecular weight excluding hydrogens is 347 g/mol. The molecular formula is C18H16ClFN2O3. The summed E-state index contributed by atoms with van der Waals surface area (Å²) in [5.74, 6) is -0.108. The van der Waals surface area contributed by atoms with Crippen molar-refractivity contribution in [2.45, 2.75) is 13.0 Å². The summed E-state index contributed by atoms with van der Waals surface area (Å²) in [6, 6.07) is 11.2. The maximum Gasteiger partial charge on any atom is 0.332 e. The molecule has 0 aromatic heterocycles. The van der Waals surface area contributed by atoms with Crippen LogP contribution in [0.15, 0.2) is 48.5 Å². The van der Waals surface area contributed by atoms with Gasteiger partial charge >= 0.3 is 6.03 Å². The number of ether oxygens (including phenoxy) is 1. The van der Waals surface area contributed by atoms with E-state index >= 15 is 0 Å². The van der Waals surface area contributed by atoms with Gasteiger partial charge in [0.2, 0.25) is 0 Å². The second kappa shape index (κ2) is 7.11. The van der Waals surface area contributed by atoms with Gasteiger partial charge in [0.05, 0.1) is 6.54 Å². The first-order valence-electron chi connectivity index (χ1n) is 7.76. The number of nitrogens with zero attached hydrogens (tertiary/aromatic N) is 2. The lowest BCUT2D eigenvalue weighted by Gasteiger charge is -2.19. The Morgan fingerprint density at radius 3 is 2.36 bits per heavy atom. The first-order chi connectivity index (χ1) is 12.0. The number of carbonyl (C=O) groups excluding carboxylic acids is 2. The number of amides is 3. The van der Waals surface area contributed by atoms with Crippen LogP contribution in [0.5, 0.6) is 5.75 Å². The molecule has 0 N–H and O–H groups in total. The topological polar surface area (TPSA) is 49.9 Å². The van der Waals surface area contributed by atoms with E-state index in [2.05, 4.69) is 0 Å². The summed E-state index contributed by atoms with van der Waals surface area (Å²) in [7, 11) is 0. The van der Waals surface area contributed by atoms with Crippen molar-refractivity contribution in [3.63, 3.8) is 0 Å². The number of imide groups is 1. The fourth-order valence-electron chi connectivity index (χ4n) is 2.65. The fourth-order valence-corrected chi connectivity index (χ4v) is 2.78. The van der Waals surface area contributed by atoms with Gasteiger partial charge in [-0.2, -0.15) is 0 Å². The smallest absolute Gasteiger partial charge is 0.332 e. The van der Waals surface area contributed by atoms with Gasteiger partial charge in [0.15, 0.2) is 0 Å². The Balaban J connectivity index is 1.65. The maximum absolute atomic E-state index is 13.1. The molecule has 1 fully saturated rings. The molecule has 1 saturated heterocycles. The van der Waals surface area contributed by atoms with Crippen LogP contribution in [-0.2, 0) is 4.79 Å². The molecule has 0 radical (unpaired) electrons. The Morgan fingerprint density at radius 2 is 1.72 bits per heavy atom. The number of carbonyl (C=O) groups is 2. The molecule has 7 heteroatoms. The van der Waals surface area contributed by atoms with Crippen molar-refractivity contribution in [1.82, 2.24) is 4.90 Å². The number of rotatable bonds is 5. The van der Waals surface area contributed by atoms with Crippen molar-refractivity contribution in [1.29, 1.82) is 0 Å². The highest BCUT2D eigenvalue weighted by atomic mass is 35.5. The number of urea groups is 1. The summed E-state index contributed by atoms with van der Waals surface area (Å²) < 4.78 is 18.6. The number of hydrogen-bond donors (Lipinski definition) is 0. The van der Waals surface area contributed by atoms with Crippen molar-refractivity contribution >= 4 is 29.2 Å². The summed E-state index contributed by atoms with van der Waals surface area (Å²) in [6.07, 6.45) is 0. The van der Waals surface area contributed by atoms with Gasteiger partial charge in [-0.3, -0.25) is 14.6 Å². The van der Waals surface area contributed by atoms with Crippen molar-refractivity contribution in [3.8, 4) is 5.75 Å². The highest BCUT2D eigenvalue weighted by Crippen LogP contribution is 2.26. The van der Waals surface area contributed by atoms with E-state index in [9.17, 15) is 14.0 Å². The van der Waals surface area contributed by atoms with Crippen LogP contribution >= 0.6 is 11.6 Å². The van der Waals surface area contributed by atoms with Gasteiger partial charge in [0.25, 0.3) is 5.91 Å². The van der Waals surface area contributed by atoms with Gasteiger partial charge in [-0.15, -0.1) is 0 Å². The SMILES string of the molecule is C[C@H]1C(=O)N(CCOc2ccc(Cl)cc2)C(=O)N1c1ccc(F)cc1. The Bertz CT molecular complexity index is 780. The highest BCUT2D eigenvalue weighted by molar-refractivity contribution is 6.30. The predicted octanol–water partition coefficient (Wildman–Crippen LogP) is 3.72. The van der Waals surface area contributed by atoms with Gasteiger partial charge in [0, 0.05) is 10.7 Å². The zero-order valence-corrected chi connectivity index (χ0v) is 14.2. The summed E-state index contributed by atoms with van der Waals surface area (Å²) >= 11 is 5.81. The first-order valence-corrected chi connectivity index (χ1v) is 8.13. The number of halogens is 2. The van der Waals surface area contributed by atoms with Crippen LogP contribution in [0.3, 0.4) is 0 Å². The lowest BCUT2D eigenvalue weighted by molar-refractivity contribution is -0.127. The van der Waals surface area contributed by atoms with Gasteiger partial charge in [-0.05, 0) is 55.5 Å². The third kappa shape index (κ3) is 3.58. The molecule has 0 bridgehead atoms. The number of benzene rings is 2. The second-order valence-electron chi connectivity index (χ2n) is 5.60. The Morgan fingerprint density at radius 1 is 1.08 bits per heavy atom. The Hall–Kier alpha value is -2.60. The molecule has 1 aliphatic rings. The van der Waals surface area contributed by atoms with Crippen molar-refractivity contribution < 1.29 is 18.7 Å². The Labute approximate surface area is 149 Å². The molecule has 25 heavy (non-hydrogen) atoms. The van der Waals surface area contributed by atoms with E-state index in [0.717, 1.165) is 4.90 Å². The normalized spacial score (nSPS) is 17.3. The van der Waals surface area contributed by atoms with Gasteiger partial charge < -0.3 is 4.74 Å². The molecule has 1 heterocycles. The van der Waals surface area contributed by atoms with Crippen molar-refractivity contribution in [2.24, 2.45) is 0 Å². The van der Waals surface area contributed by atoms with Gasteiger partial charge in [-0.25, -0.2) is 9.18 Å². The van der Waals surface area contributed by atoms with Crippen molar-refractivity contribution in [3.05, 3.63) is 59.4 Å². The largest absolute Gasteiger partial charge is 0.492 e. The van der Waals surface area contributed by atoms with Gasteiger partial charge in [-0.1, -0.05) is 11.6 Å². The minimum atomic E-state index is -0.645. The molecule has 2 aromatic rings. The monoisotopic (exact) mass is 362 g/mol. The standard InChI is InChI=1S/C18H16ClFN2O3/c1-12-17(23)21(10-11-25-16-8-2-13(19)3-9-16)18(24)22(12)15-6-4-14(20)5-7-15/h2-9,12H,10-11H2,1H3/t12-/m0/s1. The third-order valence-electron chi connectivity index (χ3n) is 3.95. The lowest BCUT2D eigenvalue weighted by atomic mass is 10.2.